The van der Waals surface area contributed by atoms with Crippen LogP contribution < -0.4 is 10.0 Å². The second-order valence-corrected chi connectivity index (χ2v) is 8.70. The van der Waals surface area contributed by atoms with E-state index >= 15 is 0 Å². The van der Waals surface area contributed by atoms with Crippen molar-refractivity contribution in [2.75, 3.05) is 0 Å². The van der Waals surface area contributed by atoms with E-state index in [9.17, 15) is 17.6 Å². The highest BCUT2D eigenvalue weighted by Gasteiger charge is 2.29. The van der Waals surface area contributed by atoms with Gasteiger partial charge >= 0.3 is 0 Å². The fraction of sp³-hybridized carbons (Fsp3) is 0.353. The Hall–Kier alpha value is -1.77. The molecule has 1 heterocycles. The lowest BCUT2D eigenvalue weighted by atomic mass is 10.1. The molecule has 0 aliphatic heterocycles. The molecule has 0 radical (unpaired) electrons. The molecular weight excluding hydrogens is 363 g/mol. The number of benzene rings is 1. The van der Waals surface area contributed by atoms with Gasteiger partial charge in [-0.3, -0.25) is 4.79 Å². The van der Waals surface area contributed by atoms with Gasteiger partial charge in [-0.15, -0.1) is 11.3 Å². The minimum Gasteiger partial charge on any atom is -0.350 e. The van der Waals surface area contributed by atoms with Crippen LogP contribution in [0.15, 0.2) is 40.6 Å². The fourth-order valence-electron chi connectivity index (χ4n) is 2.25. The molecule has 5 nitrogen and oxygen atoms in total. The third-order valence-corrected chi connectivity index (χ3v) is 6.25. The summed E-state index contributed by atoms with van der Waals surface area (Å²) in [6.45, 7) is 5.72. The molecule has 1 amide bonds. The molecule has 1 atom stereocenters. The first-order valence-corrected chi connectivity index (χ1v) is 10.2. The normalized spacial score (nSPS) is 13.0. The van der Waals surface area contributed by atoms with Crippen molar-refractivity contribution in [3.05, 3.63) is 52.0 Å². The van der Waals surface area contributed by atoms with Gasteiger partial charge < -0.3 is 5.32 Å². The first-order valence-electron chi connectivity index (χ1n) is 7.80. The van der Waals surface area contributed by atoms with E-state index in [-0.39, 0.29) is 5.92 Å². The van der Waals surface area contributed by atoms with Crippen LogP contribution in [0.4, 0.5) is 4.39 Å². The highest BCUT2D eigenvalue weighted by Crippen LogP contribution is 2.17. The molecule has 0 aliphatic rings. The number of hydrogen-bond donors (Lipinski definition) is 2. The van der Waals surface area contributed by atoms with Gasteiger partial charge in [-0.2, -0.15) is 4.72 Å². The third-order valence-electron chi connectivity index (χ3n) is 3.75. The van der Waals surface area contributed by atoms with Crippen LogP contribution in [0, 0.1) is 18.7 Å². The summed E-state index contributed by atoms with van der Waals surface area (Å²) in [4.78, 5) is 13.0. The predicted octanol–water partition coefficient (Wildman–Crippen LogP) is 2.81. The Labute approximate surface area is 151 Å². The molecule has 1 aromatic heterocycles. The summed E-state index contributed by atoms with van der Waals surface area (Å²) in [5.74, 6) is -1.60. The zero-order valence-corrected chi connectivity index (χ0v) is 15.9. The number of aryl methyl sites for hydroxylation is 1. The summed E-state index contributed by atoms with van der Waals surface area (Å²) in [6, 6.07) is 6.03. The summed E-state index contributed by atoms with van der Waals surface area (Å²) in [7, 11) is -4.14. The number of sulfonamides is 1. The number of carbonyl (C=O) groups excluding carboxylic acids is 1. The molecule has 0 saturated carbocycles. The van der Waals surface area contributed by atoms with Crippen LogP contribution in [0.5, 0.6) is 0 Å². The highest BCUT2D eigenvalue weighted by molar-refractivity contribution is 7.89. The molecule has 0 fully saturated rings. The van der Waals surface area contributed by atoms with Crippen molar-refractivity contribution >= 4 is 27.3 Å². The summed E-state index contributed by atoms with van der Waals surface area (Å²) < 4.78 is 41.0. The highest BCUT2D eigenvalue weighted by atomic mass is 32.2. The second kappa shape index (κ2) is 8.07. The second-order valence-electron chi connectivity index (χ2n) is 6.02. The largest absolute Gasteiger partial charge is 0.350 e. The smallest absolute Gasteiger partial charge is 0.244 e. The van der Waals surface area contributed by atoms with Crippen LogP contribution in [0.25, 0.3) is 0 Å². The van der Waals surface area contributed by atoms with E-state index in [1.807, 2.05) is 18.4 Å². The Kier molecular flexibility index (Phi) is 6.31. The van der Waals surface area contributed by atoms with Gasteiger partial charge in [0.2, 0.25) is 15.9 Å². The maximum atomic E-state index is 13.8. The van der Waals surface area contributed by atoms with Crippen LogP contribution in [0.3, 0.4) is 0 Å². The van der Waals surface area contributed by atoms with Crippen molar-refractivity contribution in [1.29, 1.82) is 0 Å². The Morgan fingerprint density at radius 2 is 1.92 bits per heavy atom. The van der Waals surface area contributed by atoms with E-state index in [0.717, 1.165) is 16.5 Å². The van der Waals surface area contributed by atoms with Gasteiger partial charge in [0.05, 0.1) is 6.54 Å². The Morgan fingerprint density at radius 3 is 2.48 bits per heavy atom. The first-order chi connectivity index (χ1) is 11.7. The van der Waals surface area contributed by atoms with Crippen molar-refractivity contribution in [1.82, 2.24) is 10.0 Å². The molecule has 2 aromatic rings. The van der Waals surface area contributed by atoms with Gasteiger partial charge in [-0.1, -0.05) is 26.0 Å². The monoisotopic (exact) mass is 384 g/mol. The average Bonchev–Trinajstić information content (AvgIpc) is 2.95. The number of hydrogen-bond acceptors (Lipinski definition) is 4. The molecule has 0 aliphatic carbocycles. The van der Waals surface area contributed by atoms with Gasteiger partial charge in [0.1, 0.15) is 16.8 Å². The zero-order chi connectivity index (χ0) is 18.6. The Bertz CT molecular complexity index is 847. The van der Waals surface area contributed by atoms with E-state index in [1.54, 1.807) is 13.8 Å². The van der Waals surface area contributed by atoms with Crippen molar-refractivity contribution in [2.45, 2.75) is 38.3 Å². The molecule has 0 spiro atoms. The number of nitrogens with one attached hydrogen (secondary N) is 2. The van der Waals surface area contributed by atoms with Crippen LogP contribution in [0.2, 0.25) is 0 Å². The molecular formula is C17H21FN2O3S2. The third kappa shape index (κ3) is 4.87. The van der Waals surface area contributed by atoms with Gasteiger partial charge in [0.25, 0.3) is 0 Å². The predicted molar refractivity (Wildman–Crippen MR) is 96.3 cm³/mol. The lowest BCUT2D eigenvalue weighted by molar-refractivity contribution is -0.123. The van der Waals surface area contributed by atoms with E-state index in [1.165, 1.54) is 29.5 Å². The number of carbonyl (C=O) groups is 1. The summed E-state index contributed by atoms with van der Waals surface area (Å²) in [6.07, 6.45) is 0. The number of halogens is 1. The molecule has 8 heteroatoms. The average molecular weight is 384 g/mol. The topological polar surface area (TPSA) is 75.3 Å². The molecule has 25 heavy (non-hydrogen) atoms. The number of rotatable bonds is 7. The standard InChI is InChI=1S/C17H21FN2O3S2/c1-11(2)16(17(21)19-10-14-12(3)8-9-24-14)20-25(22,23)15-7-5-4-6-13(15)18/h4-9,11,16,20H,10H2,1-3H3,(H,19,21)/t16-/m0/s1. The molecule has 0 saturated heterocycles. The van der Waals surface area contributed by atoms with Crippen molar-refractivity contribution < 1.29 is 17.6 Å². The lowest BCUT2D eigenvalue weighted by Gasteiger charge is -2.21. The first kappa shape index (κ1) is 19.6. The van der Waals surface area contributed by atoms with Crippen LogP contribution in [-0.4, -0.2) is 20.4 Å². The van der Waals surface area contributed by atoms with E-state index in [2.05, 4.69) is 10.0 Å². The maximum absolute atomic E-state index is 13.8. The molecule has 1 aromatic carbocycles. The van der Waals surface area contributed by atoms with E-state index in [4.69, 9.17) is 0 Å². The molecule has 0 unspecified atom stereocenters. The van der Waals surface area contributed by atoms with Crippen molar-refractivity contribution in [3.8, 4) is 0 Å². The van der Waals surface area contributed by atoms with E-state index in [0.29, 0.717) is 6.54 Å². The fourth-order valence-corrected chi connectivity index (χ4v) is 4.52. The van der Waals surface area contributed by atoms with Crippen molar-refractivity contribution in [3.63, 3.8) is 0 Å². The summed E-state index contributed by atoms with van der Waals surface area (Å²) in [5.41, 5.74) is 1.07. The molecule has 2 N–H and O–H groups in total. The van der Waals surface area contributed by atoms with Crippen LogP contribution in [-0.2, 0) is 21.4 Å². The molecule has 2 rings (SSSR count). The van der Waals surface area contributed by atoms with Gasteiger partial charge in [-0.25, -0.2) is 12.8 Å². The number of amides is 1. The Morgan fingerprint density at radius 1 is 1.24 bits per heavy atom. The zero-order valence-electron chi connectivity index (χ0n) is 14.2. The summed E-state index contributed by atoms with van der Waals surface area (Å²) in [5, 5.41) is 4.67. The minimum atomic E-state index is -4.14. The Balaban J connectivity index is 2.13. The SMILES string of the molecule is Cc1ccsc1CNC(=O)[C@@H](NS(=O)(=O)c1ccccc1F)C(C)C. The molecule has 0 bridgehead atoms. The maximum Gasteiger partial charge on any atom is 0.244 e. The van der Waals surface area contributed by atoms with Gasteiger partial charge in [0.15, 0.2) is 0 Å². The quantitative estimate of drug-likeness (QED) is 0.771. The number of thiophene rings is 1. The lowest BCUT2D eigenvalue weighted by Crippen LogP contribution is -2.49. The van der Waals surface area contributed by atoms with Crippen LogP contribution in [0.1, 0.15) is 24.3 Å². The summed E-state index contributed by atoms with van der Waals surface area (Å²) >= 11 is 1.52. The van der Waals surface area contributed by atoms with E-state index < -0.39 is 32.7 Å². The molecule has 136 valence electrons. The van der Waals surface area contributed by atoms with Crippen LogP contribution >= 0.6 is 11.3 Å². The van der Waals surface area contributed by atoms with Crippen molar-refractivity contribution in [2.24, 2.45) is 5.92 Å². The minimum absolute atomic E-state index is 0.300. The van der Waals surface area contributed by atoms with Gasteiger partial charge in [0, 0.05) is 4.88 Å². The van der Waals surface area contributed by atoms with Gasteiger partial charge in [-0.05, 0) is 42.0 Å².